The Bertz CT molecular complexity index is 565. The van der Waals surface area contributed by atoms with Crippen molar-refractivity contribution in [1.29, 1.82) is 0 Å². The van der Waals surface area contributed by atoms with Gasteiger partial charge in [0.05, 0.1) is 19.3 Å². The van der Waals surface area contributed by atoms with E-state index in [1.165, 1.54) is 19.2 Å². The Labute approximate surface area is 146 Å². The Balaban J connectivity index is 1.55. The van der Waals surface area contributed by atoms with E-state index in [0.717, 1.165) is 50.2 Å². The summed E-state index contributed by atoms with van der Waals surface area (Å²) in [5.74, 6) is -0.284. The fourth-order valence-corrected chi connectivity index (χ4v) is 2.99. The molecule has 1 fully saturated rings. The van der Waals surface area contributed by atoms with Crippen LogP contribution in [0.25, 0.3) is 0 Å². The Hall–Kier alpha value is -1.56. The number of hydrogen-bond acceptors (Lipinski definition) is 3. The van der Waals surface area contributed by atoms with Crippen LogP contribution in [-0.4, -0.2) is 25.3 Å². The lowest BCUT2D eigenvalue weighted by Crippen LogP contribution is -2.25. The number of ether oxygens (including phenoxy) is 2. The van der Waals surface area contributed by atoms with Crippen molar-refractivity contribution in [3.63, 3.8) is 0 Å². The van der Waals surface area contributed by atoms with Crippen molar-refractivity contribution >= 4 is 5.97 Å². The van der Waals surface area contributed by atoms with E-state index >= 15 is 0 Å². The smallest absolute Gasteiger partial charge is 0.416 e. The van der Waals surface area contributed by atoms with Crippen LogP contribution in [0.15, 0.2) is 24.3 Å². The van der Waals surface area contributed by atoms with Gasteiger partial charge >= 0.3 is 12.1 Å². The molecule has 25 heavy (non-hydrogen) atoms. The molecule has 1 unspecified atom stereocenters. The van der Waals surface area contributed by atoms with Crippen LogP contribution in [0.3, 0.4) is 0 Å². The van der Waals surface area contributed by atoms with Crippen molar-refractivity contribution < 1.29 is 27.4 Å². The van der Waals surface area contributed by atoms with Crippen molar-refractivity contribution in [2.45, 2.75) is 63.1 Å². The predicted molar refractivity (Wildman–Crippen MR) is 88.2 cm³/mol. The summed E-state index contributed by atoms with van der Waals surface area (Å²) in [5.41, 5.74) is -0.523. The SMILES string of the molecule is COC(=O)C1(CCCCCCCCc2cccc(C(F)(F)F)c2)CO1. The molecule has 0 saturated carbocycles. The second kappa shape index (κ2) is 8.70. The molecule has 140 valence electrons. The standard InChI is InChI=1S/C19H25F3O3/c1-24-17(23)18(14-25-18)12-7-5-3-2-4-6-9-15-10-8-11-16(13-15)19(20,21)22/h8,10-11,13H,2-7,9,12,14H2,1H3. The molecule has 0 amide bonds. The van der Waals surface area contributed by atoms with Gasteiger partial charge in [0.1, 0.15) is 0 Å². The second-order valence-electron chi connectivity index (χ2n) is 6.59. The molecule has 1 aromatic rings. The minimum absolute atomic E-state index is 0.284. The fraction of sp³-hybridized carbons (Fsp3) is 0.632. The number of halogens is 3. The lowest BCUT2D eigenvalue weighted by Gasteiger charge is -2.09. The first-order valence-electron chi connectivity index (χ1n) is 8.76. The van der Waals surface area contributed by atoms with Gasteiger partial charge in [0, 0.05) is 0 Å². The van der Waals surface area contributed by atoms with Gasteiger partial charge in [-0.05, 0) is 37.3 Å². The predicted octanol–water partition coefficient (Wildman–Crippen LogP) is 4.92. The number of alkyl halides is 3. The molecule has 2 rings (SSSR count). The fourth-order valence-electron chi connectivity index (χ4n) is 2.99. The first-order valence-corrected chi connectivity index (χ1v) is 8.76. The van der Waals surface area contributed by atoms with Crippen molar-refractivity contribution in [3.8, 4) is 0 Å². The summed E-state index contributed by atoms with van der Waals surface area (Å²) < 4.78 is 47.9. The number of carbonyl (C=O) groups is 1. The third-order valence-electron chi connectivity index (χ3n) is 4.60. The molecular weight excluding hydrogens is 333 g/mol. The Morgan fingerprint density at radius 2 is 1.80 bits per heavy atom. The van der Waals surface area contributed by atoms with Gasteiger partial charge in [-0.1, -0.05) is 43.9 Å². The lowest BCUT2D eigenvalue weighted by molar-refractivity contribution is -0.147. The van der Waals surface area contributed by atoms with Gasteiger partial charge in [-0.25, -0.2) is 4.79 Å². The van der Waals surface area contributed by atoms with Crippen molar-refractivity contribution in [2.75, 3.05) is 13.7 Å². The first-order chi connectivity index (χ1) is 11.9. The largest absolute Gasteiger partial charge is 0.467 e. The monoisotopic (exact) mass is 358 g/mol. The minimum atomic E-state index is -4.27. The minimum Gasteiger partial charge on any atom is -0.467 e. The molecule has 0 bridgehead atoms. The first kappa shape index (κ1) is 19.8. The molecule has 0 aliphatic carbocycles. The molecule has 1 aliphatic rings. The molecular formula is C19H25F3O3. The van der Waals surface area contributed by atoms with Gasteiger partial charge in [0.2, 0.25) is 0 Å². The number of unbranched alkanes of at least 4 members (excludes halogenated alkanes) is 5. The van der Waals surface area contributed by atoms with E-state index in [4.69, 9.17) is 9.47 Å². The lowest BCUT2D eigenvalue weighted by atomic mass is 10.00. The quantitative estimate of drug-likeness (QED) is 0.338. The van der Waals surface area contributed by atoms with E-state index in [9.17, 15) is 18.0 Å². The van der Waals surface area contributed by atoms with Crippen molar-refractivity contribution in [2.24, 2.45) is 0 Å². The topological polar surface area (TPSA) is 38.8 Å². The molecule has 1 atom stereocenters. The van der Waals surface area contributed by atoms with Crippen LogP contribution in [0.5, 0.6) is 0 Å². The van der Waals surface area contributed by atoms with Gasteiger partial charge in [0.15, 0.2) is 5.60 Å². The molecule has 1 heterocycles. The van der Waals surface area contributed by atoms with Gasteiger partial charge in [-0.3, -0.25) is 0 Å². The van der Waals surface area contributed by atoms with Crippen LogP contribution in [-0.2, 0) is 26.9 Å². The summed E-state index contributed by atoms with van der Waals surface area (Å²) in [6, 6.07) is 5.56. The molecule has 1 saturated heterocycles. The normalized spacial score (nSPS) is 19.7. The van der Waals surface area contributed by atoms with Gasteiger partial charge in [-0.2, -0.15) is 13.2 Å². The van der Waals surface area contributed by atoms with Crippen molar-refractivity contribution in [3.05, 3.63) is 35.4 Å². The zero-order valence-electron chi connectivity index (χ0n) is 14.5. The van der Waals surface area contributed by atoms with E-state index < -0.39 is 17.3 Å². The Kier molecular flexibility index (Phi) is 6.87. The zero-order valence-corrected chi connectivity index (χ0v) is 14.5. The van der Waals surface area contributed by atoms with Crippen LogP contribution >= 0.6 is 0 Å². The van der Waals surface area contributed by atoms with Gasteiger partial charge in [0.25, 0.3) is 0 Å². The molecule has 0 N–H and O–H groups in total. The highest BCUT2D eigenvalue weighted by atomic mass is 19.4. The molecule has 1 aliphatic heterocycles. The number of rotatable bonds is 10. The van der Waals surface area contributed by atoms with Crippen LogP contribution in [0.2, 0.25) is 0 Å². The van der Waals surface area contributed by atoms with Gasteiger partial charge < -0.3 is 9.47 Å². The Morgan fingerprint density at radius 1 is 1.16 bits per heavy atom. The summed E-state index contributed by atoms with van der Waals surface area (Å²) >= 11 is 0. The average molecular weight is 358 g/mol. The summed E-state index contributed by atoms with van der Waals surface area (Å²) in [6.07, 6.45) is 3.01. The number of epoxide rings is 1. The number of methoxy groups -OCH3 is 1. The number of benzene rings is 1. The highest BCUT2D eigenvalue weighted by Crippen LogP contribution is 2.34. The van der Waals surface area contributed by atoms with Crippen molar-refractivity contribution in [1.82, 2.24) is 0 Å². The van der Waals surface area contributed by atoms with Crippen LogP contribution in [0.4, 0.5) is 13.2 Å². The maximum Gasteiger partial charge on any atom is 0.416 e. The molecule has 1 aromatic carbocycles. The molecule has 0 aromatic heterocycles. The van der Waals surface area contributed by atoms with E-state index in [-0.39, 0.29) is 5.97 Å². The third-order valence-corrected chi connectivity index (χ3v) is 4.60. The number of hydrogen-bond donors (Lipinski definition) is 0. The average Bonchev–Trinajstić information content (AvgIpc) is 3.37. The van der Waals surface area contributed by atoms with E-state index in [2.05, 4.69) is 0 Å². The number of esters is 1. The molecule has 0 radical (unpaired) electrons. The molecule has 0 spiro atoms. The van der Waals surface area contributed by atoms with Crippen LogP contribution in [0, 0.1) is 0 Å². The van der Waals surface area contributed by atoms with E-state index in [1.54, 1.807) is 6.07 Å². The molecule has 6 heteroatoms. The summed E-state index contributed by atoms with van der Waals surface area (Å²) in [7, 11) is 1.37. The summed E-state index contributed by atoms with van der Waals surface area (Å²) in [5, 5.41) is 0. The van der Waals surface area contributed by atoms with E-state index in [0.29, 0.717) is 19.4 Å². The second-order valence-corrected chi connectivity index (χ2v) is 6.59. The summed E-state index contributed by atoms with van der Waals surface area (Å²) in [6.45, 7) is 0.455. The molecule has 3 nitrogen and oxygen atoms in total. The number of carbonyl (C=O) groups excluding carboxylic acids is 1. The number of aryl methyl sites for hydroxylation is 1. The third kappa shape index (κ3) is 6.03. The zero-order chi connectivity index (χ0) is 18.3. The van der Waals surface area contributed by atoms with Gasteiger partial charge in [-0.15, -0.1) is 0 Å². The maximum atomic E-state index is 12.7. The highest BCUT2D eigenvalue weighted by molar-refractivity contribution is 5.82. The summed E-state index contributed by atoms with van der Waals surface area (Å²) in [4.78, 5) is 11.5. The maximum absolute atomic E-state index is 12.7. The van der Waals surface area contributed by atoms with Crippen LogP contribution in [0.1, 0.15) is 56.1 Å². The van der Waals surface area contributed by atoms with Crippen LogP contribution < -0.4 is 0 Å². The highest BCUT2D eigenvalue weighted by Gasteiger charge is 2.52. The van der Waals surface area contributed by atoms with E-state index in [1.807, 2.05) is 0 Å². The Morgan fingerprint density at radius 3 is 2.40 bits per heavy atom.